The van der Waals surface area contributed by atoms with E-state index < -0.39 is 6.10 Å². The number of fused-ring (bicyclic) bond motifs is 3. The molecule has 2 atom stereocenters. The highest BCUT2D eigenvalue weighted by Gasteiger charge is 2.25. The second-order valence-corrected chi connectivity index (χ2v) is 9.30. The van der Waals surface area contributed by atoms with Crippen LogP contribution >= 0.6 is 0 Å². The molecule has 0 saturated carbocycles. The van der Waals surface area contributed by atoms with Crippen molar-refractivity contribution < 1.29 is 14.6 Å². The maximum atomic E-state index is 13.5. The van der Waals surface area contributed by atoms with Crippen LogP contribution in [-0.4, -0.2) is 63.9 Å². The van der Waals surface area contributed by atoms with Crippen molar-refractivity contribution in [2.24, 2.45) is 5.92 Å². The molecule has 180 valence electrons. The zero-order chi connectivity index (χ0) is 24.5. The third-order valence-corrected chi connectivity index (χ3v) is 6.66. The van der Waals surface area contributed by atoms with Crippen LogP contribution in [0.25, 0.3) is 21.7 Å². The Bertz CT molecular complexity index is 1450. The summed E-state index contributed by atoms with van der Waals surface area (Å²) in [5, 5.41) is 12.8. The van der Waals surface area contributed by atoms with E-state index in [1.54, 1.807) is 37.3 Å². The number of aliphatic hydroxyl groups excluding tert-OH is 1. The lowest BCUT2D eigenvalue weighted by Crippen LogP contribution is -2.37. The van der Waals surface area contributed by atoms with Gasteiger partial charge in [0.2, 0.25) is 0 Å². The van der Waals surface area contributed by atoms with E-state index in [1.165, 1.54) is 4.90 Å². The third-order valence-electron chi connectivity index (χ3n) is 6.66. The van der Waals surface area contributed by atoms with Gasteiger partial charge >= 0.3 is 0 Å². The Morgan fingerprint density at radius 3 is 2.66 bits per heavy atom. The fourth-order valence-corrected chi connectivity index (χ4v) is 4.69. The first kappa shape index (κ1) is 23.1. The zero-order valence-electron chi connectivity index (χ0n) is 19.8. The summed E-state index contributed by atoms with van der Waals surface area (Å²) < 4.78 is 6.92. The number of amides is 1. The molecule has 1 saturated heterocycles. The van der Waals surface area contributed by atoms with Crippen molar-refractivity contribution in [2.75, 3.05) is 27.3 Å². The van der Waals surface area contributed by atoms with Crippen LogP contribution < -0.4 is 5.56 Å². The van der Waals surface area contributed by atoms with Gasteiger partial charge in [0, 0.05) is 44.7 Å². The predicted octanol–water partition coefficient (Wildman–Crippen LogP) is 2.63. The van der Waals surface area contributed by atoms with Crippen molar-refractivity contribution in [3.63, 3.8) is 0 Å². The smallest absolute Gasteiger partial charge is 0.271 e. The highest BCUT2D eigenvalue weighted by molar-refractivity contribution is 6.06. The SMILES string of the molecule is CN(C)C(=O)c1ccc(Cc2cc3c(=O)n(C[C@H]4CCOC[C@@H]4O)cnc3c3ccccc23)cn1. The number of carbonyl (C=O) groups excluding carboxylic acids is 1. The molecular weight excluding hydrogens is 444 g/mol. The van der Waals surface area contributed by atoms with Crippen molar-refractivity contribution in [3.8, 4) is 0 Å². The van der Waals surface area contributed by atoms with Crippen LogP contribution in [-0.2, 0) is 17.7 Å². The minimum atomic E-state index is -0.589. The van der Waals surface area contributed by atoms with E-state index in [-0.39, 0.29) is 17.4 Å². The molecule has 4 aromatic rings. The van der Waals surface area contributed by atoms with Crippen LogP contribution in [0.15, 0.2) is 59.8 Å². The molecule has 5 rings (SSSR count). The number of benzene rings is 2. The highest BCUT2D eigenvalue weighted by atomic mass is 16.5. The first-order valence-corrected chi connectivity index (χ1v) is 11.7. The van der Waals surface area contributed by atoms with Gasteiger partial charge < -0.3 is 14.7 Å². The van der Waals surface area contributed by atoms with Gasteiger partial charge in [-0.15, -0.1) is 0 Å². The quantitative estimate of drug-likeness (QED) is 0.449. The summed E-state index contributed by atoms with van der Waals surface area (Å²) in [7, 11) is 3.39. The molecule has 35 heavy (non-hydrogen) atoms. The van der Waals surface area contributed by atoms with E-state index in [1.807, 2.05) is 36.4 Å². The molecule has 1 N–H and O–H groups in total. The van der Waals surface area contributed by atoms with Crippen molar-refractivity contribution >= 4 is 27.6 Å². The van der Waals surface area contributed by atoms with E-state index in [0.29, 0.717) is 49.2 Å². The van der Waals surface area contributed by atoms with Crippen molar-refractivity contribution in [1.29, 1.82) is 0 Å². The lowest BCUT2D eigenvalue weighted by molar-refractivity contribution is -0.0486. The Hall–Kier alpha value is -3.62. The summed E-state index contributed by atoms with van der Waals surface area (Å²) in [6, 6.07) is 13.5. The summed E-state index contributed by atoms with van der Waals surface area (Å²) >= 11 is 0. The highest BCUT2D eigenvalue weighted by Crippen LogP contribution is 2.28. The molecule has 3 heterocycles. The molecule has 0 aliphatic carbocycles. The van der Waals surface area contributed by atoms with Gasteiger partial charge in [0.15, 0.2) is 0 Å². The fraction of sp³-hybridized carbons (Fsp3) is 0.333. The third kappa shape index (κ3) is 4.54. The van der Waals surface area contributed by atoms with Gasteiger partial charge in [-0.3, -0.25) is 19.1 Å². The summed E-state index contributed by atoms with van der Waals surface area (Å²) in [6.07, 6.45) is 3.97. The van der Waals surface area contributed by atoms with Crippen LogP contribution in [0.2, 0.25) is 0 Å². The maximum absolute atomic E-state index is 13.5. The van der Waals surface area contributed by atoms with Crippen LogP contribution in [0.5, 0.6) is 0 Å². The van der Waals surface area contributed by atoms with Gasteiger partial charge in [0.05, 0.1) is 29.9 Å². The number of ether oxygens (including phenoxy) is 1. The van der Waals surface area contributed by atoms with Gasteiger partial charge in [-0.25, -0.2) is 4.98 Å². The minimum Gasteiger partial charge on any atom is -0.390 e. The minimum absolute atomic E-state index is 0.0462. The lowest BCUT2D eigenvalue weighted by Gasteiger charge is -2.28. The Labute approximate surface area is 202 Å². The number of hydrogen-bond donors (Lipinski definition) is 1. The normalized spacial score (nSPS) is 18.1. The molecule has 0 bridgehead atoms. The monoisotopic (exact) mass is 472 g/mol. The second-order valence-electron chi connectivity index (χ2n) is 9.30. The summed E-state index contributed by atoms with van der Waals surface area (Å²) in [5.74, 6) is -0.191. The first-order chi connectivity index (χ1) is 16.9. The molecule has 2 aromatic carbocycles. The molecule has 1 aliphatic heterocycles. The van der Waals surface area contributed by atoms with Gasteiger partial charge in [0.25, 0.3) is 11.5 Å². The largest absolute Gasteiger partial charge is 0.390 e. The molecule has 0 radical (unpaired) electrons. The number of rotatable bonds is 5. The van der Waals surface area contributed by atoms with Crippen molar-refractivity contribution in [3.05, 3.63) is 82.2 Å². The standard InChI is InChI=1S/C27H28N4O4/c1-30(2)27(34)23-8-7-17(13-28-23)11-19-12-22-25(21-6-4-3-5-20(19)21)29-16-31(26(22)33)14-18-9-10-35-15-24(18)32/h3-8,12-13,16,18,24,32H,9-11,14-15H2,1-2H3/t18-,24+/m1/s1. The Morgan fingerprint density at radius 2 is 1.94 bits per heavy atom. The number of nitrogens with zero attached hydrogens (tertiary/aromatic N) is 4. The number of aliphatic hydroxyl groups is 1. The number of pyridine rings is 1. The molecule has 1 amide bonds. The van der Waals surface area contributed by atoms with E-state index >= 15 is 0 Å². The topological polar surface area (TPSA) is 97.6 Å². The van der Waals surface area contributed by atoms with Gasteiger partial charge in [0.1, 0.15) is 5.69 Å². The van der Waals surface area contributed by atoms with Gasteiger partial charge in [-0.2, -0.15) is 0 Å². The molecular formula is C27H28N4O4. The summed E-state index contributed by atoms with van der Waals surface area (Å²) in [5.41, 5.74) is 2.88. The van der Waals surface area contributed by atoms with E-state index in [9.17, 15) is 14.7 Å². The maximum Gasteiger partial charge on any atom is 0.271 e. The average molecular weight is 473 g/mol. The Morgan fingerprint density at radius 1 is 1.14 bits per heavy atom. The average Bonchev–Trinajstić information content (AvgIpc) is 2.87. The molecule has 2 aromatic heterocycles. The van der Waals surface area contributed by atoms with Crippen molar-refractivity contribution in [1.82, 2.24) is 19.4 Å². The number of hydrogen-bond acceptors (Lipinski definition) is 6. The van der Waals surface area contributed by atoms with Crippen LogP contribution in [0, 0.1) is 5.92 Å². The van der Waals surface area contributed by atoms with E-state index in [4.69, 9.17) is 4.74 Å². The lowest BCUT2D eigenvalue weighted by atomic mass is 9.96. The molecule has 1 fully saturated rings. The van der Waals surface area contributed by atoms with Gasteiger partial charge in [-0.05, 0) is 41.5 Å². The molecule has 0 spiro atoms. The molecule has 8 nitrogen and oxygen atoms in total. The van der Waals surface area contributed by atoms with Crippen LogP contribution in [0.1, 0.15) is 28.0 Å². The zero-order valence-corrected chi connectivity index (χ0v) is 19.8. The van der Waals surface area contributed by atoms with Crippen LogP contribution in [0.3, 0.4) is 0 Å². The molecule has 1 aliphatic rings. The van der Waals surface area contributed by atoms with E-state index in [0.717, 1.165) is 21.9 Å². The van der Waals surface area contributed by atoms with Gasteiger partial charge in [-0.1, -0.05) is 30.3 Å². The van der Waals surface area contributed by atoms with E-state index in [2.05, 4.69) is 9.97 Å². The molecule has 8 heteroatoms. The Balaban J connectivity index is 1.54. The Kier molecular flexibility index (Phi) is 6.32. The first-order valence-electron chi connectivity index (χ1n) is 11.7. The fourth-order valence-electron chi connectivity index (χ4n) is 4.69. The second kappa shape index (κ2) is 9.56. The number of aromatic nitrogens is 3. The van der Waals surface area contributed by atoms with Crippen LogP contribution in [0.4, 0.5) is 0 Å². The van der Waals surface area contributed by atoms with Crippen molar-refractivity contribution in [2.45, 2.75) is 25.5 Å². The summed E-state index contributed by atoms with van der Waals surface area (Å²) in [6.45, 7) is 1.28. The summed E-state index contributed by atoms with van der Waals surface area (Å²) in [4.78, 5) is 36.1. The molecule has 0 unspecified atom stereocenters. The predicted molar refractivity (Wildman–Crippen MR) is 134 cm³/mol. The number of carbonyl (C=O) groups is 1.